The lowest BCUT2D eigenvalue weighted by Crippen LogP contribution is -2.44. The van der Waals surface area contributed by atoms with Gasteiger partial charge in [-0.2, -0.15) is 5.26 Å². The molecule has 7 heteroatoms. The summed E-state index contributed by atoms with van der Waals surface area (Å²) in [5.41, 5.74) is 0. The molecule has 0 spiro atoms. The molecular weight excluding hydrogens is 228 g/mol. The van der Waals surface area contributed by atoms with Crippen LogP contribution in [-0.4, -0.2) is 42.1 Å². The topological polar surface area (TPSA) is 80.6 Å². The molecule has 0 unspecified atom stereocenters. The number of carbonyl (C=O) groups is 1. The van der Waals surface area contributed by atoms with Crippen LogP contribution < -0.4 is 5.32 Å². The average molecular weight is 246 g/mol. The molecule has 0 saturated carbocycles. The van der Waals surface area contributed by atoms with Crippen molar-refractivity contribution in [3.05, 3.63) is 0 Å². The second-order valence-electron chi connectivity index (χ2n) is 3.12. The van der Waals surface area contributed by atoms with E-state index in [0.717, 1.165) is 0 Å². The smallest absolute Gasteiger partial charge is 0.377 e. The van der Waals surface area contributed by atoms with E-state index >= 15 is 0 Å². The molecule has 0 rings (SSSR count). The maximum Gasteiger partial charge on any atom is 0.501 e. The zero-order chi connectivity index (χ0) is 12.4. The largest absolute Gasteiger partial charge is 0.501 e. The molecule has 1 N–H and O–H groups in total. The van der Waals surface area contributed by atoms with E-state index in [4.69, 9.17) is 18.5 Å². The van der Waals surface area contributed by atoms with Crippen molar-refractivity contribution in [1.82, 2.24) is 5.32 Å². The van der Waals surface area contributed by atoms with Gasteiger partial charge in [-0.15, -0.1) is 0 Å². The summed E-state index contributed by atoms with van der Waals surface area (Å²) in [7, 11) is 0.301. The van der Waals surface area contributed by atoms with E-state index < -0.39 is 8.80 Å². The Kier molecular flexibility index (Phi) is 7.75. The zero-order valence-corrected chi connectivity index (χ0v) is 10.9. The predicted molar refractivity (Wildman–Crippen MR) is 59.4 cm³/mol. The molecule has 0 radical (unpaired) electrons. The Hall–Kier alpha value is -0.943. The summed E-state index contributed by atoms with van der Waals surface area (Å²) in [6, 6.07) is 2.45. The van der Waals surface area contributed by atoms with Gasteiger partial charge in [0.2, 0.25) is 5.91 Å². The van der Waals surface area contributed by atoms with Gasteiger partial charge < -0.3 is 18.6 Å². The fourth-order valence-corrected chi connectivity index (χ4v) is 3.04. The molecule has 0 aliphatic carbocycles. The van der Waals surface area contributed by atoms with Gasteiger partial charge in [-0.05, 0) is 6.42 Å². The zero-order valence-electron chi connectivity index (χ0n) is 9.91. The minimum absolute atomic E-state index is 0.0476. The summed E-state index contributed by atoms with van der Waals surface area (Å²) in [6.45, 7) is 1.96. The van der Waals surface area contributed by atoms with E-state index in [1.54, 1.807) is 0 Å². The van der Waals surface area contributed by atoms with Crippen molar-refractivity contribution in [2.45, 2.75) is 19.4 Å². The lowest BCUT2D eigenvalue weighted by Gasteiger charge is -2.25. The first-order valence-corrected chi connectivity index (χ1v) is 6.89. The molecule has 0 aliphatic heterocycles. The van der Waals surface area contributed by atoms with E-state index in [1.165, 1.54) is 21.1 Å². The molecule has 16 heavy (non-hydrogen) atoms. The first-order valence-electron chi connectivity index (χ1n) is 4.96. The third kappa shape index (κ3) is 5.82. The summed E-state index contributed by atoms with van der Waals surface area (Å²) in [5.74, 6) is -0.0694. The minimum atomic E-state index is -2.71. The van der Waals surface area contributed by atoms with Crippen molar-refractivity contribution in [2.75, 3.05) is 27.4 Å². The Morgan fingerprint density at radius 2 is 2.06 bits per heavy atom. The molecule has 0 aromatic carbocycles. The second-order valence-corrected chi connectivity index (χ2v) is 6.10. The number of nitrogens with one attached hydrogen (secondary N) is 1. The fraction of sp³-hybridized carbons (Fsp3) is 0.778. The van der Waals surface area contributed by atoms with Gasteiger partial charge in [-0.1, -0.05) is 0 Å². The molecule has 0 fully saturated rings. The molecule has 1 amide bonds. The third-order valence-electron chi connectivity index (χ3n) is 2.01. The summed E-state index contributed by atoms with van der Waals surface area (Å²) in [5, 5.41) is 11.1. The molecule has 0 aromatic rings. The summed E-state index contributed by atoms with van der Waals surface area (Å²) in [6.07, 6.45) is 0.693. The second kappa shape index (κ2) is 8.24. The Morgan fingerprint density at radius 1 is 1.44 bits per heavy atom. The van der Waals surface area contributed by atoms with Crippen molar-refractivity contribution in [2.24, 2.45) is 0 Å². The molecule has 0 bridgehead atoms. The lowest BCUT2D eigenvalue weighted by molar-refractivity contribution is -0.118. The van der Waals surface area contributed by atoms with Crippen LogP contribution in [0.2, 0.25) is 6.04 Å². The van der Waals surface area contributed by atoms with E-state index in [0.29, 0.717) is 19.0 Å². The Balaban J connectivity index is 4.01. The van der Waals surface area contributed by atoms with E-state index in [1.807, 2.05) is 6.07 Å². The molecule has 0 atom stereocenters. The molecule has 0 heterocycles. The molecule has 0 saturated heterocycles. The Labute approximate surface area is 96.9 Å². The van der Waals surface area contributed by atoms with Gasteiger partial charge in [0.05, 0.1) is 6.07 Å². The number of carbonyl (C=O) groups excluding carboxylic acids is 1. The Bertz CT molecular complexity index is 250. The van der Waals surface area contributed by atoms with Gasteiger partial charge in [0.15, 0.2) is 0 Å². The van der Waals surface area contributed by atoms with Crippen LogP contribution in [-0.2, 0) is 18.1 Å². The highest BCUT2D eigenvalue weighted by Gasteiger charge is 2.38. The SMILES string of the molecule is CO[Si](CCCNC(C)=O)(OC)OCC#N. The van der Waals surface area contributed by atoms with Gasteiger partial charge >= 0.3 is 8.80 Å². The summed E-state index contributed by atoms with van der Waals surface area (Å²) in [4.78, 5) is 10.6. The van der Waals surface area contributed by atoms with Crippen LogP contribution in [0.25, 0.3) is 0 Å². The number of rotatable bonds is 8. The fourth-order valence-electron chi connectivity index (χ4n) is 1.19. The van der Waals surface area contributed by atoms with Crippen LogP contribution in [0.1, 0.15) is 13.3 Å². The number of amides is 1. The normalized spacial score (nSPS) is 10.9. The van der Waals surface area contributed by atoms with Crippen LogP contribution in [0, 0.1) is 11.3 Å². The van der Waals surface area contributed by atoms with Crippen LogP contribution in [0.15, 0.2) is 0 Å². The van der Waals surface area contributed by atoms with Crippen LogP contribution in [0.4, 0.5) is 0 Å². The maximum absolute atomic E-state index is 10.6. The third-order valence-corrected chi connectivity index (χ3v) is 4.81. The standard InChI is InChI=1S/C9H18N2O4Si/c1-9(12)11-6-4-8-16(13-2,14-3)15-7-5-10/h4,6-8H2,1-3H3,(H,11,12). The van der Waals surface area contributed by atoms with Crippen molar-refractivity contribution in [3.8, 4) is 6.07 Å². The van der Waals surface area contributed by atoms with Gasteiger partial charge in [-0.25, -0.2) is 0 Å². The highest BCUT2D eigenvalue weighted by atomic mass is 28.4. The molecule has 0 aromatic heterocycles. The summed E-state index contributed by atoms with van der Waals surface area (Å²) >= 11 is 0. The van der Waals surface area contributed by atoms with Crippen molar-refractivity contribution in [1.29, 1.82) is 5.26 Å². The number of hydrogen-bond acceptors (Lipinski definition) is 5. The number of hydrogen-bond donors (Lipinski definition) is 1. The number of nitriles is 1. The monoisotopic (exact) mass is 246 g/mol. The Morgan fingerprint density at radius 3 is 2.50 bits per heavy atom. The first-order chi connectivity index (χ1) is 7.60. The minimum Gasteiger partial charge on any atom is -0.377 e. The van der Waals surface area contributed by atoms with Crippen LogP contribution in [0.3, 0.4) is 0 Å². The van der Waals surface area contributed by atoms with E-state index in [2.05, 4.69) is 5.32 Å². The van der Waals surface area contributed by atoms with Crippen LogP contribution in [0.5, 0.6) is 0 Å². The maximum atomic E-state index is 10.6. The van der Waals surface area contributed by atoms with Crippen LogP contribution >= 0.6 is 0 Å². The summed E-state index contributed by atoms with van der Waals surface area (Å²) < 4.78 is 15.8. The van der Waals surface area contributed by atoms with Gasteiger partial charge in [0.1, 0.15) is 6.61 Å². The average Bonchev–Trinajstić information content (AvgIpc) is 2.29. The van der Waals surface area contributed by atoms with Gasteiger partial charge in [0, 0.05) is 33.7 Å². The van der Waals surface area contributed by atoms with Crippen molar-refractivity contribution < 1.29 is 18.1 Å². The highest BCUT2D eigenvalue weighted by Crippen LogP contribution is 2.15. The van der Waals surface area contributed by atoms with Crippen molar-refractivity contribution in [3.63, 3.8) is 0 Å². The lowest BCUT2D eigenvalue weighted by atomic mass is 10.5. The van der Waals surface area contributed by atoms with E-state index in [-0.39, 0.29) is 12.5 Å². The van der Waals surface area contributed by atoms with Gasteiger partial charge in [0.25, 0.3) is 0 Å². The molecule has 92 valence electrons. The molecule has 0 aliphatic rings. The quantitative estimate of drug-likeness (QED) is 0.491. The highest BCUT2D eigenvalue weighted by molar-refractivity contribution is 6.60. The van der Waals surface area contributed by atoms with Gasteiger partial charge in [-0.3, -0.25) is 4.79 Å². The van der Waals surface area contributed by atoms with E-state index in [9.17, 15) is 4.79 Å². The number of nitrogens with zero attached hydrogens (tertiary/aromatic N) is 1. The van der Waals surface area contributed by atoms with Crippen molar-refractivity contribution >= 4 is 14.7 Å². The first kappa shape index (κ1) is 15.1. The molecule has 6 nitrogen and oxygen atoms in total. The molecular formula is C9H18N2O4Si. The predicted octanol–water partition coefficient (Wildman–Crippen LogP) is 0.284.